The molecule has 0 aromatic heterocycles. The van der Waals surface area contributed by atoms with E-state index in [4.69, 9.17) is 37.5 Å². The van der Waals surface area contributed by atoms with Crippen molar-refractivity contribution >= 4 is 7.60 Å². The third-order valence-corrected chi connectivity index (χ3v) is 8.06. The molecule has 11 nitrogen and oxygen atoms in total. The summed E-state index contributed by atoms with van der Waals surface area (Å²) in [6, 6.07) is 0. The van der Waals surface area contributed by atoms with E-state index in [-0.39, 0.29) is 0 Å². The monoisotopic (exact) mass is 560 g/mol. The smallest absolute Gasteiger partial charge is 0.328 e. The number of ether oxygens (including phenoxy) is 6. The molecule has 0 saturated carbocycles. The minimum atomic E-state index is -3.23. The molecular weight excluding hydrogens is 503 g/mol. The highest BCUT2D eigenvalue weighted by Crippen LogP contribution is 2.43. The Hall–Kier alpha value is -0.170. The number of quaternary nitrogens is 2. The molecule has 0 aromatic rings. The molecule has 2 unspecified atom stereocenters. The van der Waals surface area contributed by atoms with Crippen molar-refractivity contribution in [2.24, 2.45) is 0 Å². The van der Waals surface area contributed by atoms with E-state index in [0.29, 0.717) is 77.0 Å². The quantitative estimate of drug-likeness (QED) is 0.0811. The van der Waals surface area contributed by atoms with Crippen LogP contribution in [0, 0.1) is 0 Å². The second-order valence-corrected chi connectivity index (χ2v) is 11.5. The molecule has 0 heterocycles. The lowest BCUT2D eigenvalue weighted by Crippen LogP contribution is -2.55. The Morgan fingerprint density at radius 2 is 0.865 bits per heavy atom. The van der Waals surface area contributed by atoms with Gasteiger partial charge in [-0.05, 0) is 6.92 Å². The van der Waals surface area contributed by atoms with Crippen LogP contribution < -0.4 is 0 Å². The van der Waals surface area contributed by atoms with Crippen LogP contribution in [0.25, 0.3) is 0 Å². The molecule has 0 aromatic carbocycles. The molecule has 2 atom stereocenters. The number of nitrogens with zero attached hydrogens (tertiary/aromatic N) is 2. The van der Waals surface area contributed by atoms with Gasteiger partial charge >= 0.3 is 7.60 Å². The largest absolute Gasteiger partial charge is 0.384 e. The summed E-state index contributed by atoms with van der Waals surface area (Å²) in [5.74, 6) is 0. The van der Waals surface area contributed by atoms with Gasteiger partial charge in [-0.15, -0.1) is 0 Å². The Balaban J connectivity index is 5.11. The van der Waals surface area contributed by atoms with Crippen molar-refractivity contribution in [2.75, 3.05) is 154 Å². The number of hydrogen-bond acceptors (Lipinski definition) is 9. The van der Waals surface area contributed by atoms with Gasteiger partial charge in [0.25, 0.3) is 0 Å². The Bertz CT molecular complexity index is 541. The van der Waals surface area contributed by atoms with Crippen molar-refractivity contribution in [3.8, 4) is 0 Å². The van der Waals surface area contributed by atoms with E-state index < -0.39 is 7.60 Å². The molecule has 0 rings (SSSR count). The zero-order valence-corrected chi connectivity index (χ0v) is 25.6. The molecule has 0 spiro atoms. The summed E-state index contributed by atoms with van der Waals surface area (Å²) in [6.07, 6.45) is 0.914. The van der Waals surface area contributed by atoms with Gasteiger partial charge in [-0.1, -0.05) is 0 Å². The van der Waals surface area contributed by atoms with E-state index in [9.17, 15) is 4.57 Å². The molecule has 0 N–H and O–H groups in total. The molecule has 0 amide bonds. The highest BCUT2D eigenvalue weighted by atomic mass is 31.2. The summed E-state index contributed by atoms with van der Waals surface area (Å²) in [5, 5.41) is 0. The van der Waals surface area contributed by atoms with Gasteiger partial charge in [0.05, 0.1) is 46.2 Å². The van der Waals surface area contributed by atoms with Gasteiger partial charge in [0.1, 0.15) is 59.0 Å². The van der Waals surface area contributed by atoms with Gasteiger partial charge in [-0.25, -0.2) is 0 Å². The van der Waals surface area contributed by atoms with Gasteiger partial charge in [0.15, 0.2) is 0 Å². The van der Waals surface area contributed by atoms with Crippen molar-refractivity contribution < 1.29 is 51.0 Å². The molecule has 0 fully saturated rings. The molecular formula is C25H57N2O9P+2. The minimum absolute atomic E-state index is 0.312. The molecule has 0 radical (unpaired) electrons. The molecule has 12 heteroatoms. The average Bonchev–Trinajstić information content (AvgIpc) is 2.88. The van der Waals surface area contributed by atoms with E-state index >= 15 is 0 Å². The maximum atomic E-state index is 13.2. The van der Waals surface area contributed by atoms with Gasteiger partial charge < -0.3 is 46.4 Å². The zero-order valence-electron chi connectivity index (χ0n) is 24.7. The summed E-state index contributed by atoms with van der Waals surface area (Å²) in [5.41, 5.74) is 0. The summed E-state index contributed by atoms with van der Waals surface area (Å²) >= 11 is 0. The summed E-state index contributed by atoms with van der Waals surface area (Å²) in [6.45, 7) is 15.0. The van der Waals surface area contributed by atoms with Crippen LogP contribution in [0.1, 0.15) is 13.3 Å². The van der Waals surface area contributed by atoms with Gasteiger partial charge in [-0.2, -0.15) is 0 Å². The number of rotatable bonds is 28. The van der Waals surface area contributed by atoms with Crippen LogP contribution in [-0.4, -0.2) is 163 Å². The average molecular weight is 561 g/mol. The molecule has 0 aliphatic carbocycles. The first-order chi connectivity index (χ1) is 17.8. The van der Waals surface area contributed by atoms with E-state index in [1.165, 1.54) is 0 Å². The molecule has 224 valence electrons. The maximum absolute atomic E-state index is 13.2. The highest BCUT2D eigenvalue weighted by molar-refractivity contribution is 7.52. The maximum Gasteiger partial charge on any atom is 0.328 e. The SMILES string of the molecule is CCOCC[N+](CCCOC)(CCOC)CCOP(C)(=O)OCC[N+](CCOC)(CCOC)CCOC. The van der Waals surface area contributed by atoms with Crippen LogP contribution in [-0.2, 0) is 42.0 Å². The standard InChI is InChI=1S/C25H57N2O9P/c1-8-34-23-15-26(11-19-30-3,10-9-18-29-2)16-24-35-37(7,28)36-25-17-27(12-20-31-4,13-21-32-5)14-22-33-6/h8-25H2,1-7H3/q+2. The van der Waals surface area contributed by atoms with Crippen LogP contribution in [0.15, 0.2) is 0 Å². The Labute approximate surface area is 226 Å². The van der Waals surface area contributed by atoms with Crippen LogP contribution in [0.4, 0.5) is 0 Å². The van der Waals surface area contributed by atoms with E-state index in [2.05, 4.69) is 0 Å². The fourth-order valence-corrected chi connectivity index (χ4v) is 5.17. The first-order valence-electron chi connectivity index (χ1n) is 13.4. The zero-order chi connectivity index (χ0) is 27.9. The predicted molar refractivity (Wildman–Crippen MR) is 145 cm³/mol. The lowest BCUT2D eigenvalue weighted by atomic mass is 10.2. The summed E-state index contributed by atoms with van der Waals surface area (Å²) < 4.78 is 58.7. The second kappa shape index (κ2) is 22.6. The first-order valence-corrected chi connectivity index (χ1v) is 15.4. The first kappa shape index (κ1) is 36.8. The summed E-state index contributed by atoms with van der Waals surface area (Å²) in [4.78, 5) is 0. The number of hydrogen-bond donors (Lipinski definition) is 0. The third-order valence-electron chi connectivity index (χ3n) is 6.76. The van der Waals surface area contributed by atoms with E-state index in [1.54, 1.807) is 42.2 Å². The van der Waals surface area contributed by atoms with Gasteiger partial charge in [-0.3, -0.25) is 4.57 Å². The minimum Gasteiger partial charge on any atom is -0.384 e. The fraction of sp³-hybridized carbons (Fsp3) is 1.00. The molecule has 37 heavy (non-hydrogen) atoms. The third kappa shape index (κ3) is 17.9. The molecule has 0 saturated heterocycles. The van der Waals surface area contributed by atoms with Crippen LogP contribution in [0.2, 0.25) is 0 Å². The molecule has 0 aliphatic rings. The van der Waals surface area contributed by atoms with Crippen LogP contribution in [0.3, 0.4) is 0 Å². The topological polar surface area (TPSA) is 90.9 Å². The molecule has 0 bridgehead atoms. The van der Waals surface area contributed by atoms with Crippen molar-refractivity contribution in [3.05, 3.63) is 0 Å². The Kier molecular flexibility index (Phi) is 22.5. The lowest BCUT2D eigenvalue weighted by Gasteiger charge is -2.39. The van der Waals surface area contributed by atoms with Crippen LogP contribution in [0.5, 0.6) is 0 Å². The fourth-order valence-electron chi connectivity index (χ4n) is 4.27. The number of methoxy groups -OCH3 is 5. The predicted octanol–water partition coefficient (Wildman–Crippen LogP) is 2.13. The van der Waals surface area contributed by atoms with Crippen molar-refractivity contribution in [1.82, 2.24) is 0 Å². The second-order valence-electron chi connectivity index (χ2n) is 9.42. The van der Waals surface area contributed by atoms with Gasteiger partial charge in [0, 0.05) is 55.2 Å². The summed E-state index contributed by atoms with van der Waals surface area (Å²) in [7, 11) is 5.28. The normalized spacial score (nSPS) is 15.5. The van der Waals surface area contributed by atoms with Crippen molar-refractivity contribution in [3.63, 3.8) is 0 Å². The van der Waals surface area contributed by atoms with Crippen LogP contribution >= 0.6 is 7.60 Å². The van der Waals surface area contributed by atoms with E-state index in [1.807, 2.05) is 6.92 Å². The molecule has 0 aliphatic heterocycles. The highest BCUT2D eigenvalue weighted by Gasteiger charge is 2.30. The van der Waals surface area contributed by atoms with Crippen molar-refractivity contribution in [2.45, 2.75) is 13.3 Å². The van der Waals surface area contributed by atoms with Gasteiger partial charge in [0.2, 0.25) is 0 Å². The van der Waals surface area contributed by atoms with E-state index in [0.717, 1.165) is 50.2 Å². The van der Waals surface area contributed by atoms with Crippen molar-refractivity contribution in [1.29, 1.82) is 0 Å². The lowest BCUT2D eigenvalue weighted by molar-refractivity contribution is -0.929. The Morgan fingerprint density at radius 1 is 0.514 bits per heavy atom. The Morgan fingerprint density at radius 3 is 1.24 bits per heavy atom.